The minimum Gasteiger partial charge on any atom is -0.456 e. The van der Waals surface area contributed by atoms with Crippen LogP contribution in [0.2, 0.25) is 0 Å². The molecule has 4 heterocycles. The van der Waals surface area contributed by atoms with Gasteiger partial charge in [0.05, 0.1) is 5.41 Å². The predicted molar refractivity (Wildman–Crippen MR) is 100 cm³/mol. The van der Waals surface area contributed by atoms with Gasteiger partial charge in [-0.25, -0.2) is 0 Å². The highest BCUT2D eigenvalue weighted by Gasteiger charge is 2.49. The number of furan rings is 1. The molecule has 2 aromatic heterocycles. The molecule has 6 heteroatoms. The molecule has 2 saturated heterocycles. The molecule has 0 unspecified atom stereocenters. The summed E-state index contributed by atoms with van der Waals surface area (Å²) in [6.07, 6.45) is 6.07. The number of aryl methyl sites for hydroxylation is 2. The van der Waals surface area contributed by atoms with Crippen molar-refractivity contribution in [2.24, 2.45) is 5.41 Å². The van der Waals surface area contributed by atoms with E-state index < -0.39 is 5.41 Å². The van der Waals surface area contributed by atoms with Gasteiger partial charge in [-0.1, -0.05) is 6.07 Å². The quantitative estimate of drug-likeness (QED) is 0.837. The van der Waals surface area contributed by atoms with Crippen LogP contribution in [-0.4, -0.2) is 46.2 Å². The summed E-state index contributed by atoms with van der Waals surface area (Å²) in [4.78, 5) is 34.0. The van der Waals surface area contributed by atoms with E-state index in [9.17, 15) is 9.59 Å². The van der Waals surface area contributed by atoms with Crippen LogP contribution in [0.5, 0.6) is 0 Å². The molecule has 4 rings (SSSR count). The first-order chi connectivity index (χ1) is 13.0. The Morgan fingerprint density at radius 1 is 1.30 bits per heavy atom. The number of hydrogen-bond donors (Lipinski definition) is 0. The molecule has 27 heavy (non-hydrogen) atoms. The maximum Gasteiger partial charge on any atom is 0.289 e. The zero-order valence-electron chi connectivity index (χ0n) is 15.9. The number of hydrogen-bond acceptors (Lipinski definition) is 4. The summed E-state index contributed by atoms with van der Waals surface area (Å²) in [6.45, 7) is 6.16. The number of carbonyl (C=O) groups is 2. The van der Waals surface area contributed by atoms with Crippen LogP contribution in [0.3, 0.4) is 0 Å². The van der Waals surface area contributed by atoms with Crippen molar-refractivity contribution in [3.63, 3.8) is 0 Å². The summed E-state index contributed by atoms with van der Waals surface area (Å²) >= 11 is 0. The third-order valence-corrected chi connectivity index (χ3v) is 5.80. The molecule has 0 N–H and O–H groups in total. The van der Waals surface area contributed by atoms with Crippen LogP contribution in [0.4, 0.5) is 0 Å². The lowest BCUT2D eigenvalue weighted by Crippen LogP contribution is -2.50. The van der Waals surface area contributed by atoms with Crippen molar-refractivity contribution in [2.75, 3.05) is 19.6 Å². The van der Waals surface area contributed by atoms with Crippen LogP contribution >= 0.6 is 0 Å². The van der Waals surface area contributed by atoms with Gasteiger partial charge in [0.25, 0.3) is 5.91 Å². The maximum absolute atomic E-state index is 13.3. The number of aromatic nitrogens is 1. The number of rotatable bonds is 3. The van der Waals surface area contributed by atoms with Gasteiger partial charge in [0.2, 0.25) is 5.91 Å². The van der Waals surface area contributed by atoms with Gasteiger partial charge in [-0.2, -0.15) is 0 Å². The van der Waals surface area contributed by atoms with Gasteiger partial charge in [-0.05, 0) is 50.8 Å². The van der Waals surface area contributed by atoms with E-state index in [-0.39, 0.29) is 11.8 Å². The van der Waals surface area contributed by atoms with Crippen molar-refractivity contribution < 1.29 is 14.0 Å². The molecule has 6 nitrogen and oxygen atoms in total. The molecule has 142 valence electrons. The van der Waals surface area contributed by atoms with E-state index in [0.29, 0.717) is 25.4 Å². The molecule has 0 bridgehead atoms. The summed E-state index contributed by atoms with van der Waals surface area (Å²) in [6, 6.07) is 5.76. The molecule has 2 fully saturated rings. The lowest BCUT2D eigenvalue weighted by Gasteiger charge is -2.39. The Labute approximate surface area is 159 Å². The Kier molecular flexibility index (Phi) is 4.50. The van der Waals surface area contributed by atoms with Gasteiger partial charge in [0.15, 0.2) is 5.76 Å². The molecule has 2 amide bonds. The predicted octanol–water partition coefficient (Wildman–Crippen LogP) is 2.95. The maximum atomic E-state index is 13.3. The summed E-state index contributed by atoms with van der Waals surface area (Å²) in [5.41, 5.74) is 1.44. The Balaban J connectivity index is 1.49. The highest BCUT2D eigenvalue weighted by Crippen LogP contribution is 2.41. The SMILES string of the molecule is Cc1cc(C)c(C(=O)N2CC[C@]3(CCCN(Cc4cccnc4)C3=O)C2)o1. The first-order valence-electron chi connectivity index (χ1n) is 9.53. The average Bonchev–Trinajstić information content (AvgIpc) is 3.23. The van der Waals surface area contributed by atoms with Crippen molar-refractivity contribution in [2.45, 2.75) is 39.7 Å². The second-order valence-corrected chi connectivity index (χ2v) is 7.82. The normalized spacial score (nSPS) is 22.7. The molecule has 1 atom stereocenters. The monoisotopic (exact) mass is 367 g/mol. The summed E-state index contributed by atoms with van der Waals surface area (Å²) in [5, 5.41) is 0. The van der Waals surface area contributed by atoms with Gasteiger partial charge in [0, 0.05) is 44.1 Å². The minimum atomic E-state index is -0.453. The lowest BCUT2D eigenvalue weighted by atomic mass is 9.78. The van der Waals surface area contributed by atoms with Gasteiger partial charge in [0.1, 0.15) is 5.76 Å². The first kappa shape index (κ1) is 17.8. The number of pyridine rings is 1. The molecule has 2 aliphatic heterocycles. The molecular formula is C21H25N3O3. The van der Waals surface area contributed by atoms with Crippen LogP contribution in [0.15, 0.2) is 35.0 Å². The first-order valence-corrected chi connectivity index (χ1v) is 9.53. The number of carbonyl (C=O) groups excluding carboxylic acids is 2. The van der Waals surface area contributed by atoms with Gasteiger partial charge >= 0.3 is 0 Å². The zero-order chi connectivity index (χ0) is 19.0. The van der Waals surface area contributed by atoms with Crippen LogP contribution < -0.4 is 0 Å². The van der Waals surface area contributed by atoms with Crippen molar-refractivity contribution in [1.29, 1.82) is 0 Å². The molecule has 0 saturated carbocycles. The molecule has 2 aromatic rings. The van der Waals surface area contributed by atoms with Crippen molar-refractivity contribution in [3.05, 3.63) is 53.2 Å². The van der Waals surface area contributed by atoms with Gasteiger partial charge in [-0.15, -0.1) is 0 Å². The summed E-state index contributed by atoms with van der Waals surface area (Å²) in [5.74, 6) is 1.20. The Hall–Kier alpha value is -2.63. The van der Waals surface area contributed by atoms with E-state index in [1.807, 2.05) is 36.9 Å². The van der Waals surface area contributed by atoms with Crippen molar-refractivity contribution in [1.82, 2.24) is 14.8 Å². The Morgan fingerprint density at radius 2 is 2.15 bits per heavy atom. The fraction of sp³-hybridized carbons (Fsp3) is 0.476. The Morgan fingerprint density at radius 3 is 2.85 bits per heavy atom. The molecule has 0 radical (unpaired) electrons. The minimum absolute atomic E-state index is 0.102. The van der Waals surface area contributed by atoms with E-state index in [1.165, 1.54) is 0 Å². The van der Waals surface area contributed by atoms with Crippen LogP contribution in [0, 0.1) is 19.3 Å². The number of nitrogens with zero attached hydrogens (tertiary/aromatic N) is 3. The zero-order valence-corrected chi connectivity index (χ0v) is 15.9. The number of likely N-dealkylation sites (tertiary alicyclic amines) is 2. The highest BCUT2D eigenvalue weighted by molar-refractivity contribution is 5.94. The average molecular weight is 367 g/mol. The topological polar surface area (TPSA) is 66.7 Å². The fourth-order valence-electron chi connectivity index (χ4n) is 4.44. The second kappa shape index (κ2) is 6.83. The van der Waals surface area contributed by atoms with E-state index in [4.69, 9.17) is 4.42 Å². The van der Waals surface area contributed by atoms with Crippen LogP contribution in [-0.2, 0) is 11.3 Å². The molecule has 1 spiro atoms. The lowest BCUT2D eigenvalue weighted by molar-refractivity contribution is -0.146. The standard InChI is InChI=1S/C21H25N3O3/c1-15-11-16(2)27-18(15)19(25)24-10-7-21(14-24)6-4-9-23(20(21)26)13-17-5-3-8-22-12-17/h3,5,8,11-12H,4,6-7,9-10,13-14H2,1-2H3/t21-/m1/s1. The molecule has 2 aliphatic rings. The smallest absolute Gasteiger partial charge is 0.289 e. The largest absolute Gasteiger partial charge is 0.456 e. The number of amides is 2. The molecule has 0 aromatic carbocycles. The molecule has 0 aliphatic carbocycles. The van der Waals surface area contributed by atoms with Gasteiger partial charge in [-0.3, -0.25) is 14.6 Å². The van der Waals surface area contributed by atoms with E-state index >= 15 is 0 Å². The van der Waals surface area contributed by atoms with E-state index in [2.05, 4.69) is 4.98 Å². The van der Waals surface area contributed by atoms with E-state index in [0.717, 1.165) is 42.7 Å². The third kappa shape index (κ3) is 3.24. The molecular weight excluding hydrogens is 342 g/mol. The van der Waals surface area contributed by atoms with Crippen LogP contribution in [0.1, 0.15) is 46.7 Å². The number of piperidine rings is 1. The third-order valence-electron chi connectivity index (χ3n) is 5.80. The highest BCUT2D eigenvalue weighted by atomic mass is 16.4. The summed E-state index contributed by atoms with van der Waals surface area (Å²) in [7, 11) is 0. The second-order valence-electron chi connectivity index (χ2n) is 7.82. The van der Waals surface area contributed by atoms with Crippen LogP contribution in [0.25, 0.3) is 0 Å². The fourth-order valence-corrected chi connectivity index (χ4v) is 4.44. The van der Waals surface area contributed by atoms with Gasteiger partial charge < -0.3 is 14.2 Å². The van der Waals surface area contributed by atoms with Crippen molar-refractivity contribution >= 4 is 11.8 Å². The van der Waals surface area contributed by atoms with Crippen molar-refractivity contribution in [3.8, 4) is 0 Å². The van der Waals surface area contributed by atoms with E-state index in [1.54, 1.807) is 17.3 Å². The summed E-state index contributed by atoms with van der Waals surface area (Å²) < 4.78 is 5.60. The Bertz CT molecular complexity index is 861.